The first-order valence-corrected chi connectivity index (χ1v) is 11.7. The number of benzene rings is 1. The van der Waals surface area contributed by atoms with Crippen molar-refractivity contribution in [3.8, 4) is 0 Å². The van der Waals surface area contributed by atoms with Crippen LogP contribution < -0.4 is 5.56 Å². The zero-order chi connectivity index (χ0) is 23.3. The van der Waals surface area contributed by atoms with Crippen molar-refractivity contribution in [1.29, 1.82) is 0 Å². The molecule has 1 aliphatic heterocycles. The predicted octanol–water partition coefficient (Wildman–Crippen LogP) is 3.06. The number of piperidine rings is 1. The quantitative estimate of drug-likeness (QED) is 0.636. The van der Waals surface area contributed by atoms with Crippen LogP contribution in [0.3, 0.4) is 0 Å². The molecule has 0 radical (unpaired) electrons. The zero-order valence-corrected chi connectivity index (χ0v) is 20.3. The van der Waals surface area contributed by atoms with Crippen molar-refractivity contribution in [3.63, 3.8) is 0 Å². The topological polar surface area (TPSA) is 48.8 Å². The van der Waals surface area contributed by atoms with E-state index in [0.717, 1.165) is 44.5 Å². The van der Waals surface area contributed by atoms with Crippen LogP contribution >= 0.6 is 0 Å². The van der Waals surface area contributed by atoms with Gasteiger partial charge >= 0.3 is 0 Å². The van der Waals surface area contributed by atoms with Gasteiger partial charge in [0.05, 0.1) is 0 Å². The number of amides is 1. The second-order valence-corrected chi connectivity index (χ2v) is 9.47. The lowest BCUT2D eigenvalue weighted by atomic mass is 10.00. The molecule has 1 aromatic carbocycles. The molecule has 0 bridgehead atoms. The number of carbonyl (C=O) groups is 1. The normalized spacial score (nSPS) is 16.3. The largest absolute Gasteiger partial charge is 0.335 e. The molecule has 1 aromatic heterocycles. The molecule has 0 N–H and O–H groups in total. The van der Waals surface area contributed by atoms with Gasteiger partial charge in [0.25, 0.3) is 11.5 Å². The van der Waals surface area contributed by atoms with E-state index in [1.165, 1.54) is 5.56 Å². The van der Waals surface area contributed by atoms with E-state index in [1.54, 1.807) is 4.57 Å². The molecular weight excluding hydrogens is 400 g/mol. The van der Waals surface area contributed by atoms with Gasteiger partial charge in [-0.3, -0.25) is 9.59 Å². The maximum Gasteiger partial charge on any atom is 0.263 e. The van der Waals surface area contributed by atoms with E-state index in [-0.39, 0.29) is 23.6 Å². The van der Waals surface area contributed by atoms with E-state index < -0.39 is 0 Å². The van der Waals surface area contributed by atoms with Gasteiger partial charge in [-0.05, 0) is 84.5 Å². The fraction of sp³-hybridized carbons (Fsp3) is 0.538. The van der Waals surface area contributed by atoms with Gasteiger partial charge < -0.3 is 19.3 Å². The summed E-state index contributed by atoms with van der Waals surface area (Å²) in [5.74, 6) is -0.121. The van der Waals surface area contributed by atoms with Gasteiger partial charge in [0, 0.05) is 31.4 Å². The van der Waals surface area contributed by atoms with E-state index in [2.05, 4.69) is 29.0 Å². The van der Waals surface area contributed by atoms with Gasteiger partial charge in [0.15, 0.2) is 0 Å². The van der Waals surface area contributed by atoms with E-state index in [1.807, 2.05) is 63.3 Å². The van der Waals surface area contributed by atoms with Crippen LogP contribution in [0.15, 0.2) is 47.4 Å². The third-order valence-electron chi connectivity index (χ3n) is 6.52. The molecule has 3 rings (SSSR count). The number of aromatic nitrogens is 1. The maximum absolute atomic E-state index is 13.9. The Bertz CT molecular complexity index is 946. The van der Waals surface area contributed by atoms with E-state index >= 15 is 0 Å². The van der Waals surface area contributed by atoms with Crippen LogP contribution in [-0.2, 0) is 6.42 Å². The Hall–Kier alpha value is -2.44. The molecule has 2 heterocycles. The van der Waals surface area contributed by atoms with Crippen molar-refractivity contribution in [2.75, 3.05) is 47.3 Å². The third kappa shape index (κ3) is 5.87. The van der Waals surface area contributed by atoms with Crippen molar-refractivity contribution < 1.29 is 4.79 Å². The van der Waals surface area contributed by atoms with Crippen LogP contribution in [0, 0.1) is 6.92 Å². The van der Waals surface area contributed by atoms with Crippen molar-refractivity contribution in [2.45, 2.75) is 45.2 Å². The molecule has 0 spiro atoms. The summed E-state index contributed by atoms with van der Waals surface area (Å²) in [6, 6.07) is 12.3. The van der Waals surface area contributed by atoms with Crippen LogP contribution in [-0.4, -0.2) is 78.5 Å². The van der Waals surface area contributed by atoms with Crippen LogP contribution in [0.25, 0.3) is 0 Å². The second-order valence-electron chi connectivity index (χ2n) is 9.47. The molecule has 0 aliphatic carbocycles. The molecule has 1 aliphatic rings. The maximum atomic E-state index is 13.9. The number of hydrogen-bond acceptors (Lipinski definition) is 4. The summed E-state index contributed by atoms with van der Waals surface area (Å²) < 4.78 is 1.71. The lowest BCUT2D eigenvalue weighted by molar-refractivity contribution is 0.0591. The number of likely N-dealkylation sites (N-methyl/N-ethyl adjacent to an activating group) is 1. The number of carbonyl (C=O) groups excluding carboxylic acids is 1. The minimum atomic E-state index is -0.179. The first-order valence-electron chi connectivity index (χ1n) is 11.7. The highest BCUT2D eigenvalue weighted by atomic mass is 16.2. The molecular formula is C26H38N4O2. The Balaban J connectivity index is 1.91. The van der Waals surface area contributed by atoms with Gasteiger partial charge in [0.1, 0.15) is 5.56 Å². The van der Waals surface area contributed by atoms with Crippen LogP contribution in [0.5, 0.6) is 0 Å². The average molecular weight is 439 g/mol. The Morgan fingerprint density at radius 1 is 1.12 bits per heavy atom. The first-order chi connectivity index (χ1) is 15.3. The monoisotopic (exact) mass is 438 g/mol. The summed E-state index contributed by atoms with van der Waals surface area (Å²) in [7, 11) is 6.11. The minimum absolute atomic E-state index is 0.00857. The summed E-state index contributed by atoms with van der Waals surface area (Å²) in [4.78, 5) is 33.7. The second kappa shape index (κ2) is 10.9. The standard InChI is InChI=1S/C26H38N4O2/c1-20-11-17-29(21(2)19-27(3)4)25(31)24(20)26(32)30(23-13-15-28(5)16-14-23)18-12-22-9-7-6-8-10-22/h6-11,17,21,23H,12-16,18-19H2,1-5H3. The molecule has 2 aromatic rings. The number of likely N-dealkylation sites (tertiary alicyclic amines) is 1. The van der Waals surface area contributed by atoms with E-state index in [9.17, 15) is 9.59 Å². The van der Waals surface area contributed by atoms with Crippen LogP contribution in [0.1, 0.15) is 47.3 Å². The SMILES string of the molecule is Cc1ccn(C(C)CN(C)C)c(=O)c1C(=O)N(CCc1ccccc1)C1CCN(C)CC1. The Labute approximate surface area is 192 Å². The number of hydrogen-bond donors (Lipinski definition) is 0. The number of aryl methyl sites for hydroxylation is 1. The van der Waals surface area contributed by atoms with Crippen molar-refractivity contribution in [1.82, 2.24) is 19.3 Å². The molecule has 174 valence electrons. The molecule has 0 saturated carbocycles. The van der Waals surface area contributed by atoms with Gasteiger partial charge in [-0.15, -0.1) is 0 Å². The first kappa shape index (κ1) is 24.2. The van der Waals surface area contributed by atoms with Gasteiger partial charge in [-0.25, -0.2) is 0 Å². The molecule has 6 heteroatoms. The minimum Gasteiger partial charge on any atom is -0.335 e. The Morgan fingerprint density at radius 3 is 2.41 bits per heavy atom. The molecule has 6 nitrogen and oxygen atoms in total. The molecule has 1 fully saturated rings. The Morgan fingerprint density at radius 2 is 1.78 bits per heavy atom. The van der Waals surface area contributed by atoms with Crippen molar-refractivity contribution in [3.05, 3.63) is 69.6 Å². The number of nitrogens with zero attached hydrogens (tertiary/aromatic N) is 4. The average Bonchev–Trinajstić information content (AvgIpc) is 2.75. The number of rotatable bonds is 8. The van der Waals surface area contributed by atoms with Gasteiger partial charge in [-0.2, -0.15) is 0 Å². The summed E-state index contributed by atoms with van der Waals surface area (Å²) >= 11 is 0. The Kier molecular flexibility index (Phi) is 8.26. The summed E-state index contributed by atoms with van der Waals surface area (Å²) in [6.07, 6.45) is 4.49. The molecule has 1 saturated heterocycles. The smallest absolute Gasteiger partial charge is 0.263 e. The highest BCUT2D eigenvalue weighted by Crippen LogP contribution is 2.20. The predicted molar refractivity (Wildman–Crippen MR) is 130 cm³/mol. The van der Waals surface area contributed by atoms with Gasteiger partial charge in [-0.1, -0.05) is 30.3 Å². The third-order valence-corrected chi connectivity index (χ3v) is 6.52. The molecule has 1 amide bonds. The highest BCUT2D eigenvalue weighted by molar-refractivity contribution is 5.95. The van der Waals surface area contributed by atoms with Gasteiger partial charge in [0.2, 0.25) is 0 Å². The number of pyridine rings is 1. The molecule has 32 heavy (non-hydrogen) atoms. The van der Waals surface area contributed by atoms with E-state index in [4.69, 9.17) is 0 Å². The molecule has 1 unspecified atom stereocenters. The summed E-state index contributed by atoms with van der Waals surface area (Å²) in [5.41, 5.74) is 2.11. The fourth-order valence-electron chi connectivity index (χ4n) is 4.66. The lowest BCUT2D eigenvalue weighted by Gasteiger charge is -2.37. The fourth-order valence-corrected chi connectivity index (χ4v) is 4.66. The lowest BCUT2D eigenvalue weighted by Crippen LogP contribution is -2.49. The zero-order valence-electron chi connectivity index (χ0n) is 20.3. The van der Waals surface area contributed by atoms with E-state index in [0.29, 0.717) is 12.1 Å². The van der Waals surface area contributed by atoms with Crippen molar-refractivity contribution >= 4 is 5.91 Å². The summed E-state index contributed by atoms with van der Waals surface area (Å²) in [6.45, 7) is 7.20. The molecule has 1 atom stereocenters. The van der Waals surface area contributed by atoms with Crippen molar-refractivity contribution in [2.24, 2.45) is 0 Å². The summed E-state index contributed by atoms with van der Waals surface area (Å²) in [5, 5.41) is 0. The van der Waals surface area contributed by atoms with Crippen LogP contribution in [0.4, 0.5) is 0 Å². The highest BCUT2D eigenvalue weighted by Gasteiger charge is 2.30. The van der Waals surface area contributed by atoms with Crippen LogP contribution in [0.2, 0.25) is 0 Å².